The number of halogens is 1. The van der Waals surface area contributed by atoms with Gasteiger partial charge in [-0.1, -0.05) is 42.5 Å². The molecular formula is C17H22BrN3O2S2. The molecule has 5 nitrogen and oxygen atoms in total. The van der Waals surface area contributed by atoms with Crippen molar-refractivity contribution in [2.24, 2.45) is 0 Å². The van der Waals surface area contributed by atoms with Crippen molar-refractivity contribution >= 4 is 50.1 Å². The van der Waals surface area contributed by atoms with Crippen molar-refractivity contribution in [3.05, 3.63) is 28.2 Å². The van der Waals surface area contributed by atoms with Gasteiger partial charge in [-0.25, -0.2) is 0 Å². The molecule has 0 radical (unpaired) electrons. The predicted octanol–water partition coefficient (Wildman–Crippen LogP) is 5.30. The number of aryl methyl sites for hydroxylation is 1. The summed E-state index contributed by atoms with van der Waals surface area (Å²) >= 11 is 6.58. The average Bonchev–Trinajstić information content (AvgIpc) is 3.01. The van der Waals surface area contributed by atoms with Gasteiger partial charge in [-0.15, -0.1) is 10.2 Å². The van der Waals surface area contributed by atoms with E-state index in [0.29, 0.717) is 24.6 Å². The summed E-state index contributed by atoms with van der Waals surface area (Å²) in [5.74, 6) is 1.77. The van der Waals surface area contributed by atoms with Gasteiger partial charge in [-0.05, 0) is 53.4 Å². The number of nitrogens with one attached hydrogen (secondary N) is 1. The molecule has 0 unspecified atom stereocenters. The third-order valence-electron chi connectivity index (χ3n) is 3.27. The number of aromatic nitrogens is 2. The van der Waals surface area contributed by atoms with Crippen molar-refractivity contribution in [3.8, 4) is 5.75 Å². The van der Waals surface area contributed by atoms with Gasteiger partial charge in [0.05, 0.1) is 11.1 Å². The van der Waals surface area contributed by atoms with Gasteiger partial charge in [0.1, 0.15) is 5.75 Å². The van der Waals surface area contributed by atoms with Crippen LogP contribution in [0.2, 0.25) is 0 Å². The van der Waals surface area contributed by atoms with Crippen LogP contribution in [0, 0.1) is 6.92 Å². The molecule has 0 saturated heterocycles. The van der Waals surface area contributed by atoms with Crippen LogP contribution in [0.5, 0.6) is 5.75 Å². The molecule has 0 saturated carbocycles. The number of thioether (sulfide) groups is 1. The lowest BCUT2D eigenvalue weighted by atomic mass is 10.2. The third kappa shape index (κ3) is 7.33. The van der Waals surface area contributed by atoms with E-state index in [9.17, 15) is 4.79 Å². The van der Waals surface area contributed by atoms with Gasteiger partial charge in [0.25, 0.3) is 0 Å². The zero-order chi connectivity index (χ0) is 18.1. The lowest BCUT2D eigenvalue weighted by Gasteiger charge is -2.08. The van der Waals surface area contributed by atoms with Crippen molar-refractivity contribution in [1.29, 1.82) is 0 Å². The second-order valence-corrected chi connectivity index (χ2v) is 8.68. The van der Waals surface area contributed by atoms with Crippen molar-refractivity contribution < 1.29 is 9.53 Å². The number of carbonyl (C=O) groups is 1. The molecule has 0 bridgehead atoms. The van der Waals surface area contributed by atoms with Crippen LogP contribution < -0.4 is 10.1 Å². The number of hydrogen-bond donors (Lipinski definition) is 1. The monoisotopic (exact) mass is 443 g/mol. The summed E-state index contributed by atoms with van der Waals surface area (Å²) < 4.78 is 7.52. The van der Waals surface area contributed by atoms with Gasteiger partial charge >= 0.3 is 0 Å². The SMILES string of the molecule is CCCCSc1nnc(NC(=O)CCCOc2ccc(C)cc2Br)s1. The van der Waals surface area contributed by atoms with E-state index in [4.69, 9.17) is 4.74 Å². The van der Waals surface area contributed by atoms with E-state index < -0.39 is 0 Å². The summed E-state index contributed by atoms with van der Waals surface area (Å²) in [6, 6.07) is 5.93. The normalized spacial score (nSPS) is 10.7. The Bertz CT molecular complexity index is 694. The van der Waals surface area contributed by atoms with Gasteiger partial charge in [0.15, 0.2) is 4.34 Å². The van der Waals surface area contributed by atoms with Crippen LogP contribution in [0.1, 0.15) is 38.2 Å². The van der Waals surface area contributed by atoms with E-state index >= 15 is 0 Å². The number of carbonyl (C=O) groups excluding carboxylic acids is 1. The maximum absolute atomic E-state index is 12.0. The highest BCUT2D eigenvalue weighted by Crippen LogP contribution is 2.27. The molecule has 2 rings (SSSR count). The number of amides is 1. The Morgan fingerprint density at radius 3 is 2.96 bits per heavy atom. The number of ether oxygens (including phenoxy) is 1. The van der Waals surface area contributed by atoms with E-state index in [1.807, 2.05) is 25.1 Å². The maximum atomic E-state index is 12.0. The number of rotatable bonds is 10. The molecule has 1 aromatic heterocycles. The molecule has 0 atom stereocenters. The second-order valence-electron chi connectivity index (χ2n) is 5.51. The summed E-state index contributed by atoms with van der Waals surface area (Å²) in [6.07, 6.45) is 3.35. The largest absolute Gasteiger partial charge is 0.492 e. The van der Waals surface area contributed by atoms with Crippen LogP contribution in [-0.4, -0.2) is 28.5 Å². The fourth-order valence-corrected chi connectivity index (χ4v) is 4.47. The summed E-state index contributed by atoms with van der Waals surface area (Å²) in [4.78, 5) is 12.0. The van der Waals surface area contributed by atoms with Crippen LogP contribution >= 0.6 is 39.0 Å². The Hall–Kier alpha value is -1.12. The lowest BCUT2D eigenvalue weighted by Crippen LogP contribution is -2.12. The van der Waals surface area contributed by atoms with Crippen molar-refractivity contribution in [2.45, 2.75) is 43.9 Å². The Labute approximate surface area is 165 Å². The fourth-order valence-electron chi connectivity index (χ4n) is 1.94. The molecule has 1 amide bonds. The van der Waals surface area contributed by atoms with Crippen molar-refractivity contribution in [3.63, 3.8) is 0 Å². The zero-order valence-corrected chi connectivity index (χ0v) is 17.6. The minimum atomic E-state index is -0.0622. The summed E-state index contributed by atoms with van der Waals surface area (Å²) in [7, 11) is 0. The van der Waals surface area contributed by atoms with E-state index in [2.05, 4.69) is 38.4 Å². The van der Waals surface area contributed by atoms with E-state index in [1.165, 1.54) is 16.9 Å². The molecular weight excluding hydrogens is 422 g/mol. The first-order valence-corrected chi connectivity index (χ1v) is 10.8. The minimum Gasteiger partial charge on any atom is -0.492 e. The van der Waals surface area contributed by atoms with Gasteiger partial charge in [-0.2, -0.15) is 0 Å². The Morgan fingerprint density at radius 2 is 2.20 bits per heavy atom. The average molecular weight is 444 g/mol. The van der Waals surface area contributed by atoms with Crippen LogP contribution in [-0.2, 0) is 4.79 Å². The molecule has 0 fully saturated rings. The Balaban J connectivity index is 1.67. The van der Waals surface area contributed by atoms with Gasteiger partial charge in [0.2, 0.25) is 11.0 Å². The van der Waals surface area contributed by atoms with Crippen molar-refractivity contribution in [2.75, 3.05) is 17.7 Å². The molecule has 25 heavy (non-hydrogen) atoms. The van der Waals surface area contributed by atoms with E-state index in [1.54, 1.807) is 11.8 Å². The molecule has 0 spiro atoms. The molecule has 1 aromatic carbocycles. The zero-order valence-electron chi connectivity index (χ0n) is 14.4. The predicted molar refractivity (Wildman–Crippen MR) is 108 cm³/mol. The third-order valence-corrected chi connectivity index (χ3v) is 5.95. The first-order chi connectivity index (χ1) is 12.1. The second kappa shape index (κ2) is 10.8. The minimum absolute atomic E-state index is 0.0622. The topological polar surface area (TPSA) is 64.1 Å². The van der Waals surface area contributed by atoms with Crippen LogP contribution in [0.4, 0.5) is 5.13 Å². The molecule has 8 heteroatoms. The molecule has 0 aliphatic carbocycles. The lowest BCUT2D eigenvalue weighted by molar-refractivity contribution is -0.116. The molecule has 1 heterocycles. The number of nitrogens with zero attached hydrogens (tertiary/aromatic N) is 2. The summed E-state index contributed by atoms with van der Waals surface area (Å²) in [5, 5.41) is 11.4. The van der Waals surface area contributed by atoms with Gasteiger partial charge in [-0.3, -0.25) is 4.79 Å². The highest BCUT2D eigenvalue weighted by Gasteiger charge is 2.09. The molecule has 2 aromatic rings. The van der Waals surface area contributed by atoms with Crippen molar-refractivity contribution in [1.82, 2.24) is 10.2 Å². The number of hydrogen-bond acceptors (Lipinski definition) is 6. The number of anilines is 1. The molecule has 1 N–H and O–H groups in total. The van der Waals surface area contributed by atoms with Crippen LogP contribution in [0.25, 0.3) is 0 Å². The first-order valence-electron chi connectivity index (χ1n) is 8.23. The Kier molecular flexibility index (Phi) is 8.71. The van der Waals surface area contributed by atoms with Gasteiger partial charge in [0, 0.05) is 12.2 Å². The van der Waals surface area contributed by atoms with Crippen LogP contribution in [0.15, 0.2) is 27.0 Å². The fraction of sp³-hybridized carbons (Fsp3) is 0.471. The smallest absolute Gasteiger partial charge is 0.226 e. The van der Waals surface area contributed by atoms with E-state index in [-0.39, 0.29) is 5.91 Å². The Morgan fingerprint density at radius 1 is 1.36 bits per heavy atom. The maximum Gasteiger partial charge on any atom is 0.226 e. The van der Waals surface area contributed by atoms with Crippen LogP contribution in [0.3, 0.4) is 0 Å². The van der Waals surface area contributed by atoms with E-state index in [0.717, 1.165) is 33.2 Å². The first kappa shape index (κ1) is 20.2. The quantitative estimate of drug-likeness (QED) is 0.306. The summed E-state index contributed by atoms with van der Waals surface area (Å²) in [6.45, 7) is 4.68. The molecule has 0 aliphatic heterocycles. The number of unbranched alkanes of at least 4 members (excludes halogenated alkanes) is 1. The van der Waals surface area contributed by atoms with Gasteiger partial charge < -0.3 is 10.1 Å². The highest BCUT2D eigenvalue weighted by molar-refractivity contribution is 9.10. The number of benzene rings is 1. The summed E-state index contributed by atoms with van der Waals surface area (Å²) in [5.41, 5.74) is 1.17. The molecule has 136 valence electrons. The standard InChI is InChI=1S/C17H22BrN3O2S2/c1-3-4-10-24-17-21-20-16(25-17)19-15(22)6-5-9-23-14-8-7-12(2)11-13(14)18/h7-8,11H,3-6,9-10H2,1-2H3,(H,19,20,22). The molecule has 0 aliphatic rings. The highest BCUT2D eigenvalue weighted by atomic mass is 79.9.